The molecule has 156 valence electrons. The molecule has 0 radical (unpaired) electrons. The summed E-state index contributed by atoms with van der Waals surface area (Å²) in [7, 11) is -1.64. The molecule has 0 fully saturated rings. The monoisotopic (exact) mass is 431 g/mol. The van der Waals surface area contributed by atoms with Crippen LogP contribution in [0.5, 0.6) is 5.88 Å². The number of hydrogen-bond acceptors (Lipinski definition) is 2. The van der Waals surface area contributed by atoms with Crippen molar-refractivity contribution in [1.82, 2.24) is 4.98 Å². The molecule has 2 aromatic carbocycles. The van der Waals surface area contributed by atoms with Crippen LogP contribution in [0.25, 0.3) is 10.8 Å². The maximum absolute atomic E-state index is 5.75. The van der Waals surface area contributed by atoms with Crippen molar-refractivity contribution in [3.05, 3.63) is 89.6 Å². The maximum Gasteiger partial charge on any atom is 0.221 e. The van der Waals surface area contributed by atoms with Gasteiger partial charge in [0.05, 0.1) is 23.3 Å². The predicted octanol–water partition coefficient (Wildman–Crippen LogP) is 6.47. The topological polar surface area (TPSA) is 22.1 Å². The molecule has 4 heteroatoms. The van der Waals surface area contributed by atoms with E-state index in [2.05, 4.69) is 105 Å². The van der Waals surface area contributed by atoms with E-state index in [1.54, 1.807) is 13.3 Å². The molecule has 0 aliphatic carbocycles. The highest BCUT2D eigenvalue weighted by molar-refractivity contribution is 6.95. The Morgan fingerprint density at radius 3 is 1.93 bits per heavy atom. The van der Waals surface area contributed by atoms with Gasteiger partial charge in [0.1, 0.15) is 0 Å². The molecule has 0 saturated heterocycles. The third kappa shape index (κ3) is 4.65. The second kappa shape index (κ2) is 8.74. The van der Waals surface area contributed by atoms with Crippen LogP contribution >= 0.6 is 0 Å². The summed E-state index contributed by atoms with van der Waals surface area (Å²) in [5.74, 6) is 0.685. The Kier molecular flexibility index (Phi) is 6.48. The van der Waals surface area contributed by atoms with Crippen LogP contribution in [0.1, 0.15) is 16.7 Å². The van der Waals surface area contributed by atoms with Crippen LogP contribution < -0.4 is 9.92 Å². The van der Waals surface area contributed by atoms with Crippen molar-refractivity contribution in [2.24, 2.45) is 0 Å². The second-order valence-corrected chi connectivity index (χ2v) is 19.8. The summed E-state index contributed by atoms with van der Waals surface area (Å²) in [6.07, 6.45) is 1.81. The fourth-order valence-electron chi connectivity index (χ4n) is 4.07. The van der Waals surface area contributed by atoms with Crippen molar-refractivity contribution in [3.63, 3.8) is 0 Å². The Bertz CT molecular complexity index is 1040. The molecule has 0 spiro atoms. The molecule has 3 rings (SSSR count). The molecule has 30 heavy (non-hydrogen) atoms. The van der Waals surface area contributed by atoms with Crippen LogP contribution in [-0.4, -0.2) is 28.2 Å². The Labute approximate surface area is 183 Å². The van der Waals surface area contributed by atoms with Crippen LogP contribution in [0.4, 0.5) is 0 Å². The van der Waals surface area contributed by atoms with Crippen molar-refractivity contribution < 1.29 is 4.74 Å². The van der Waals surface area contributed by atoms with Crippen molar-refractivity contribution in [2.45, 2.75) is 39.3 Å². The summed E-state index contributed by atoms with van der Waals surface area (Å²) in [6.45, 7) is 14.5. The zero-order chi connectivity index (χ0) is 21.9. The van der Waals surface area contributed by atoms with Gasteiger partial charge in [0, 0.05) is 11.8 Å². The minimum atomic E-state index is -1.76. The lowest BCUT2D eigenvalue weighted by Crippen LogP contribution is -2.40. The number of methoxy groups -OCH3 is 1. The lowest BCUT2D eigenvalue weighted by Gasteiger charge is -2.30. The number of hydrogen-bond donors (Lipinski definition) is 0. The van der Waals surface area contributed by atoms with Gasteiger partial charge < -0.3 is 4.74 Å². The molecule has 2 nitrogen and oxygen atoms in total. The Balaban J connectivity index is 2.53. The number of pyridine rings is 1. The maximum atomic E-state index is 5.75. The number of aromatic nitrogens is 1. The summed E-state index contributed by atoms with van der Waals surface area (Å²) in [4.78, 5) is 4.56. The lowest BCUT2D eigenvalue weighted by molar-refractivity contribution is 0.396. The SMILES string of the molecule is COc1ncccc1/C(=C(\c1ccccc1)[Si](C)(C)C)c1ccccc1[Si](C)(C)C. The van der Waals surface area contributed by atoms with Gasteiger partial charge in [-0.1, -0.05) is 99.1 Å². The Morgan fingerprint density at radius 2 is 1.33 bits per heavy atom. The standard InChI is InChI=1S/C26H33NOSi2/c1-28-26-22(17-13-19-27-26)24(21-16-11-12-18-23(21)29(2,3)4)25(30(5,6)7)20-14-9-8-10-15-20/h8-19H,1-7H3/b25-24+. The molecule has 3 aromatic rings. The van der Waals surface area contributed by atoms with Crippen LogP contribution in [0.2, 0.25) is 39.3 Å². The average Bonchev–Trinajstić information content (AvgIpc) is 2.71. The number of rotatable bonds is 6. The number of benzene rings is 2. The normalized spacial score (nSPS) is 13.0. The molecular weight excluding hydrogens is 398 g/mol. The second-order valence-electron chi connectivity index (χ2n) is 9.72. The number of ether oxygens (including phenoxy) is 1. The van der Waals surface area contributed by atoms with E-state index in [0.717, 1.165) is 5.56 Å². The largest absolute Gasteiger partial charge is 0.481 e. The van der Waals surface area contributed by atoms with E-state index in [1.165, 1.54) is 27.1 Å². The molecular formula is C26H33NOSi2. The van der Waals surface area contributed by atoms with Gasteiger partial charge in [0.2, 0.25) is 5.88 Å². The van der Waals surface area contributed by atoms with E-state index in [4.69, 9.17) is 4.74 Å². The lowest BCUT2D eigenvalue weighted by atomic mass is 9.95. The van der Waals surface area contributed by atoms with Gasteiger partial charge in [-0.25, -0.2) is 4.98 Å². The summed E-state index contributed by atoms with van der Waals surface area (Å²) < 4.78 is 5.75. The summed E-state index contributed by atoms with van der Waals surface area (Å²) in [5, 5.41) is 2.91. The first-order chi connectivity index (χ1) is 14.1. The zero-order valence-corrected chi connectivity index (χ0v) is 21.3. The smallest absolute Gasteiger partial charge is 0.221 e. The van der Waals surface area contributed by atoms with E-state index in [1.807, 2.05) is 6.07 Å². The van der Waals surface area contributed by atoms with Gasteiger partial charge in [-0.15, -0.1) is 0 Å². The third-order valence-corrected chi connectivity index (χ3v) is 9.39. The average molecular weight is 432 g/mol. The Hall–Kier alpha value is -2.44. The van der Waals surface area contributed by atoms with Gasteiger partial charge in [0.25, 0.3) is 0 Å². The first kappa shape index (κ1) is 22.3. The number of nitrogens with zero attached hydrogens (tertiary/aromatic N) is 1. The summed E-state index contributed by atoms with van der Waals surface area (Å²) in [5.41, 5.74) is 4.97. The van der Waals surface area contributed by atoms with E-state index in [0.29, 0.717) is 5.88 Å². The molecule has 0 aliphatic heterocycles. The zero-order valence-electron chi connectivity index (χ0n) is 19.3. The van der Waals surface area contributed by atoms with Gasteiger partial charge in [0.15, 0.2) is 0 Å². The van der Waals surface area contributed by atoms with E-state index < -0.39 is 16.1 Å². The van der Waals surface area contributed by atoms with Crippen molar-refractivity contribution in [1.29, 1.82) is 0 Å². The van der Waals surface area contributed by atoms with Crippen LogP contribution in [0, 0.1) is 0 Å². The summed E-state index contributed by atoms with van der Waals surface area (Å²) in [6, 6.07) is 24.0. The highest BCUT2D eigenvalue weighted by atomic mass is 28.3. The van der Waals surface area contributed by atoms with Crippen molar-refractivity contribution in [2.75, 3.05) is 7.11 Å². The molecule has 0 atom stereocenters. The van der Waals surface area contributed by atoms with Crippen LogP contribution in [-0.2, 0) is 0 Å². The van der Waals surface area contributed by atoms with E-state index >= 15 is 0 Å². The minimum Gasteiger partial charge on any atom is -0.481 e. The molecule has 0 N–H and O–H groups in total. The van der Waals surface area contributed by atoms with Gasteiger partial charge >= 0.3 is 0 Å². The highest BCUT2D eigenvalue weighted by Gasteiger charge is 2.31. The van der Waals surface area contributed by atoms with E-state index in [9.17, 15) is 0 Å². The highest BCUT2D eigenvalue weighted by Crippen LogP contribution is 2.40. The molecule has 1 heterocycles. The van der Waals surface area contributed by atoms with Gasteiger partial charge in [-0.2, -0.15) is 0 Å². The van der Waals surface area contributed by atoms with Crippen molar-refractivity contribution >= 4 is 32.1 Å². The predicted molar refractivity (Wildman–Crippen MR) is 136 cm³/mol. The van der Waals surface area contributed by atoms with Crippen LogP contribution in [0.15, 0.2) is 72.9 Å². The molecule has 0 aliphatic rings. The molecule has 0 saturated carbocycles. The summed E-state index contributed by atoms with van der Waals surface area (Å²) >= 11 is 0. The van der Waals surface area contributed by atoms with Gasteiger partial charge in [-0.05, 0) is 34.0 Å². The van der Waals surface area contributed by atoms with E-state index in [-0.39, 0.29) is 0 Å². The van der Waals surface area contributed by atoms with Gasteiger partial charge in [-0.3, -0.25) is 0 Å². The molecule has 1 aromatic heterocycles. The first-order valence-corrected chi connectivity index (χ1v) is 17.5. The fraction of sp³-hybridized carbons (Fsp3) is 0.269. The Morgan fingerprint density at radius 1 is 0.733 bits per heavy atom. The third-order valence-electron chi connectivity index (χ3n) is 5.30. The van der Waals surface area contributed by atoms with Crippen LogP contribution in [0.3, 0.4) is 0 Å². The fourth-order valence-corrected chi connectivity index (χ4v) is 7.74. The van der Waals surface area contributed by atoms with Crippen molar-refractivity contribution in [3.8, 4) is 5.88 Å². The minimum absolute atomic E-state index is 0.685. The molecule has 0 amide bonds. The molecule has 0 unspecified atom stereocenters. The molecule has 0 bridgehead atoms. The first-order valence-electron chi connectivity index (χ1n) is 10.5. The quantitative estimate of drug-likeness (QED) is 0.329.